The normalized spacial score (nSPS) is 17.9. The molecule has 1 atom stereocenters. The largest absolute Gasteiger partial charge is 0.493 e. The summed E-state index contributed by atoms with van der Waals surface area (Å²) in [6.07, 6.45) is 0.252. The molecule has 0 fully saturated rings. The van der Waals surface area contributed by atoms with Crippen molar-refractivity contribution in [3.63, 3.8) is 0 Å². The Hall–Kier alpha value is -2.89. The Morgan fingerprint density at radius 3 is 2.46 bits per heavy atom. The van der Waals surface area contributed by atoms with E-state index in [1.165, 1.54) is 0 Å². The molecule has 4 rings (SSSR count). The first kappa shape index (κ1) is 14.7. The second kappa shape index (κ2) is 5.63. The number of esters is 1. The number of benzene rings is 2. The molecule has 2 aliphatic rings. The maximum Gasteiger partial charge on any atom is 0.312 e. The van der Waals surface area contributed by atoms with Gasteiger partial charge in [0, 0.05) is 17.5 Å². The van der Waals surface area contributed by atoms with Crippen LogP contribution in [0.4, 0.5) is 0 Å². The van der Waals surface area contributed by atoms with Gasteiger partial charge < -0.3 is 23.7 Å². The Bertz CT molecular complexity index is 813. The lowest BCUT2D eigenvalue weighted by molar-refractivity contribution is -0.135. The number of fused-ring (bicyclic) bond motifs is 2. The number of rotatable bonds is 3. The van der Waals surface area contributed by atoms with E-state index in [2.05, 4.69) is 0 Å². The molecule has 0 aromatic heterocycles. The summed E-state index contributed by atoms with van der Waals surface area (Å²) in [5.41, 5.74) is 1.84. The van der Waals surface area contributed by atoms with Gasteiger partial charge in [-0.15, -0.1) is 0 Å². The van der Waals surface area contributed by atoms with E-state index in [9.17, 15) is 4.79 Å². The summed E-state index contributed by atoms with van der Waals surface area (Å²) >= 11 is 0. The predicted molar refractivity (Wildman–Crippen MR) is 84.2 cm³/mol. The average molecular weight is 328 g/mol. The highest BCUT2D eigenvalue weighted by Gasteiger charge is 2.32. The van der Waals surface area contributed by atoms with Crippen molar-refractivity contribution in [3.8, 4) is 28.7 Å². The summed E-state index contributed by atoms with van der Waals surface area (Å²) in [5.74, 6) is 2.61. The van der Waals surface area contributed by atoms with E-state index in [1.807, 2.05) is 24.3 Å². The Kier molecular flexibility index (Phi) is 3.45. The van der Waals surface area contributed by atoms with Gasteiger partial charge in [-0.1, -0.05) is 6.07 Å². The van der Waals surface area contributed by atoms with E-state index >= 15 is 0 Å². The van der Waals surface area contributed by atoms with Crippen molar-refractivity contribution in [2.45, 2.75) is 12.3 Å². The van der Waals surface area contributed by atoms with Gasteiger partial charge in [0.2, 0.25) is 6.79 Å². The van der Waals surface area contributed by atoms with Crippen LogP contribution in [-0.4, -0.2) is 27.0 Å². The summed E-state index contributed by atoms with van der Waals surface area (Å²) < 4.78 is 26.8. The van der Waals surface area contributed by atoms with Crippen LogP contribution < -0.4 is 23.7 Å². The van der Waals surface area contributed by atoms with Gasteiger partial charge in [0.25, 0.3) is 0 Å². The second-order valence-electron chi connectivity index (χ2n) is 5.59. The minimum absolute atomic E-state index is 0.143. The molecule has 0 radical (unpaired) electrons. The Balaban J connectivity index is 1.81. The third-order valence-electron chi connectivity index (χ3n) is 4.28. The Morgan fingerprint density at radius 1 is 0.958 bits per heavy atom. The molecule has 0 N–H and O–H groups in total. The van der Waals surface area contributed by atoms with Gasteiger partial charge in [0.15, 0.2) is 23.0 Å². The molecule has 2 aliphatic heterocycles. The van der Waals surface area contributed by atoms with Crippen molar-refractivity contribution in [2.75, 3.05) is 21.0 Å². The van der Waals surface area contributed by atoms with Crippen LogP contribution in [0.1, 0.15) is 23.5 Å². The molecular formula is C18H16O6. The topological polar surface area (TPSA) is 63.2 Å². The number of carbonyl (C=O) groups is 1. The monoisotopic (exact) mass is 328 g/mol. The van der Waals surface area contributed by atoms with E-state index in [1.54, 1.807) is 20.3 Å². The molecular weight excluding hydrogens is 312 g/mol. The Labute approximate surface area is 138 Å². The first-order chi connectivity index (χ1) is 11.7. The molecule has 0 bridgehead atoms. The van der Waals surface area contributed by atoms with E-state index in [4.69, 9.17) is 23.7 Å². The third-order valence-corrected chi connectivity index (χ3v) is 4.28. The minimum Gasteiger partial charge on any atom is -0.493 e. The summed E-state index contributed by atoms with van der Waals surface area (Å²) in [6.45, 7) is 0.174. The lowest BCUT2D eigenvalue weighted by Gasteiger charge is -2.25. The molecule has 0 saturated carbocycles. The average Bonchev–Trinajstić information content (AvgIpc) is 3.05. The van der Waals surface area contributed by atoms with E-state index < -0.39 is 0 Å². The van der Waals surface area contributed by atoms with Crippen molar-refractivity contribution >= 4 is 5.97 Å². The standard InChI is InChI=1S/C18H16O6/c1-20-13-4-3-10(5-15(13)21-2)11-7-18(19)24-14-8-17-16(6-12(11)14)22-9-23-17/h3-6,8,11H,7,9H2,1-2H3/t11-/m0/s1. The quantitative estimate of drug-likeness (QED) is 0.638. The fraction of sp³-hybridized carbons (Fsp3) is 0.278. The molecule has 0 unspecified atom stereocenters. The van der Waals surface area contributed by atoms with Gasteiger partial charge in [0.1, 0.15) is 5.75 Å². The Morgan fingerprint density at radius 2 is 1.71 bits per heavy atom. The van der Waals surface area contributed by atoms with Crippen LogP contribution in [0.5, 0.6) is 28.7 Å². The van der Waals surface area contributed by atoms with Crippen LogP contribution in [0.25, 0.3) is 0 Å². The number of hydrogen-bond acceptors (Lipinski definition) is 6. The van der Waals surface area contributed by atoms with Crippen molar-refractivity contribution in [3.05, 3.63) is 41.5 Å². The maximum absolute atomic E-state index is 12.0. The predicted octanol–water partition coefficient (Wildman–Crippen LogP) is 2.87. The van der Waals surface area contributed by atoms with E-state index in [0.29, 0.717) is 28.7 Å². The second-order valence-corrected chi connectivity index (χ2v) is 5.59. The van der Waals surface area contributed by atoms with Gasteiger partial charge in [0.05, 0.1) is 20.6 Å². The number of methoxy groups -OCH3 is 2. The zero-order valence-corrected chi connectivity index (χ0v) is 13.3. The van der Waals surface area contributed by atoms with Gasteiger partial charge >= 0.3 is 5.97 Å². The number of hydrogen-bond donors (Lipinski definition) is 0. The van der Waals surface area contributed by atoms with E-state index in [0.717, 1.165) is 11.1 Å². The molecule has 2 aromatic carbocycles. The lowest BCUT2D eigenvalue weighted by atomic mass is 9.86. The minimum atomic E-state index is -0.277. The zero-order valence-electron chi connectivity index (χ0n) is 13.3. The highest BCUT2D eigenvalue weighted by molar-refractivity contribution is 5.78. The maximum atomic E-state index is 12.0. The van der Waals surface area contributed by atoms with Crippen LogP contribution >= 0.6 is 0 Å². The smallest absolute Gasteiger partial charge is 0.312 e. The van der Waals surface area contributed by atoms with Crippen LogP contribution in [0, 0.1) is 0 Å². The molecule has 0 spiro atoms. The van der Waals surface area contributed by atoms with Gasteiger partial charge in [-0.05, 0) is 23.8 Å². The highest BCUT2D eigenvalue weighted by atomic mass is 16.7. The van der Waals surface area contributed by atoms with Crippen LogP contribution in [0.15, 0.2) is 30.3 Å². The summed E-state index contributed by atoms with van der Waals surface area (Å²) in [7, 11) is 3.17. The van der Waals surface area contributed by atoms with Gasteiger partial charge in [-0.25, -0.2) is 0 Å². The molecule has 2 aromatic rings. The molecule has 0 saturated heterocycles. The summed E-state index contributed by atoms with van der Waals surface area (Å²) in [4.78, 5) is 12.0. The zero-order chi connectivity index (χ0) is 16.7. The summed E-state index contributed by atoms with van der Waals surface area (Å²) in [5, 5.41) is 0. The van der Waals surface area contributed by atoms with E-state index in [-0.39, 0.29) is 25.1 Å². The van der Waals surface area contributed by atoms with Crippen molar-refractivity contribution in [2.24, 2.45) is 0 Å². The van der Waals surface area contributed by atoms with Crippen LogP contribution in [0.2, 0.25) is 0 Å². The van der Waals surface area contributed by atoms with Crippen molar-refractivity contribution in [1.29, 1.82) is 0 Å². The van der Waals surface area contributed by atoms with Crippen LogP contribution in [0.3, 0.4) is 0 Å². The SMILES string of the molecule is COc1ccc([C@@H]2CC(=O)Oc3cc4c(cc32)OCO4)cc1OC. The molecule has 2 heterocycles. The number of ether oxygens (including phenoxy) is 5. The number of carbonyl (C=O) groups excluding carboxylic acids is 1. The highest BCUT2D eigenvalue weighted by Crippen LogP contribution is 2.46. The van der Waals surface area contributed by atoms with Gasteiger partial charge in [-0.2, -0.15) is 0 Å². The molecule has 6 nitrogen and oxygen atoms in total. The third kappa shape index (κ3) is 2.31. The fourth-order valence-electron chi connectivity index (χ4n) is 3.11. The van der Waals surface area contributed by atoms with Gasteiger partial charge in [-0.3, -0.25) is 4.79 Å². The van der Waals surface area contributed by atoms with Crippen LogP contribution in [-0.2, 0) is 4.79 Å². The molecule has 0 amide bonds. The first-order valence-electron chi connectivity index (χ1n) is 7.55. The molecule has 6 heteroatoms. The fourth-order valence-corrected chi connectivity index (χ4v) is 3.11. The van der Waals surface area contributed by atoms with Crippen molar-refractivity contribution in [1.82, 2.24) is 0 Å². The first-order valence-corrected chi connectivity index (χ1v) is 7.55. The molecule has 0 aliphatic carbocycles. The summed E-state index contributed by atoms with van der Waals surface area (Å²) in [6, 6.07) is 9.24. The van der Waals surface area contributed by atoms with Crippen molar-refractivity contribution < 1.29 is 28.5 Å². The lowest BCUT2D eigenvalue weighted by Crippen LogP contribution is -2.21. The molecule has 24 heavy (non-hydrogen) atoms. The molecule has 124 valence electrons.